The predicted molar refractivity (Wildman–Crippen MR) is 163 cm³/mol. The number of carbonyl (C=O) groups is 4. The van der Waals surface area contributed by atoms with Gasteiger partial charge >= 0.3 is 12.2 Å². The van der Waals surface area contributed by atoms with Crippen LogP contribution in [0.1, 0.15) is 56.5 Å². The van der Waals surface area contributed by atoms with Crippen molar-refractivity contribution in [2.45, 2.75) is 64.1 Å². The van der Waals surface area contributed by atoms with Gasteiger partial charge in [-0.3, -0.25) is 9.59 Å². The fraction of sp³-hybridized carbons (Fsp3) is 0.294. The lowest BCUT2D eigenvalue weighted by Crippen LogP contribution is -2.45. The summed E-state index contributed by atoms with van der Waals surface area (Å²) in [6, 6.07) is 24.6. The van der Waals surface area contributed by atoms with Gasteiger partial charge in [0.15, 0.2) is 5.78 Å². The van der Waals surface area contributed by atoms with Gasteiger partial charge in [-0.15, -0.1) is 0 Å². The number of hydrogen-bond acceptors (Lipinski definition) is 7. The van der Waals surface area contributed by atoms with Crippen molar-refractivity contribution >= 4 is 23.9 Å². The molecule has 3 amide bonds. The minimum Gasteiger partial charge on any atom is -0.445 e. The van der Waals surface area contributed by atoms with Crippen molar-refractivity contribution in [1.29, 1.82) is 0 Å². The summed E-state index contributed by atoms with van der Waals surface area (Å²) >= 11 is 0. The zero-order valence-electron chi connectivity index (χ0n) is 25.1. The molecule has 1 saturated heterocycles. The number of Topliss-reactive ketones (excluding diaryl/α,β-unsaturated/α-hetero) is 1. The minimum atomic E-state index is -1.00. The van der Waals surface area contributed by atoms with Gasteiger partial charge in [-0.25, -0.2) is 14.6 Å². The zero-order chi connectivity index (χ0) is 31.4. The van der Waals surface area contributed by atoms with Gasteiger partial charge in [-0.2, -0.15) is 5.01 Å². The van der Waals surface area contributed by atoms with E-state index in [1.165, 1.54) is 11.2 Å². The van der Waals surface area contributed by atoms with E-state index >= 15 is 0 Å². The molecule has 10 nitrogen and oxygen atoms in total. The number of benzene rings is 3. The van der Waals surface area contributed by atoms with Gasteiger partial charge in [-0.1, -0.05) is 91.0 Å². The van der Waals surface area contributed by atoms with Crippen molar-refractivity contribution in [2.75, 3.05) is 0 Å². The molecular weight excluding hydrogens is 560 g/mol. The molecule has 3 aromatic rings. The average Bonchev–Trinajstić information content (AvgIpc) is 3.51. The van der Waals surface area contributed by atoms with Gasteiger partial charge in [0.1, 0.15) is 18.2 Å². The van der Waals surface area contributed by atoms with Crippen LogP contribution >= 0.6 is 0 Å². The number of hydrogen-bond donors (Lipinski definition) is 2. The second-order valence-corrected chi connectivity index (χ2v) is 11.7. The highest BCUT2D eigenvalue weighted by Gasteiger charge is 2.55. The molecule has 228 valence electrons. The molecular formula is C34H36N4O6. The van der Waals surface area contributed by atoms with E-state index in [1.54, 1.807) is 27.7 Å². The maximum Gasteiger partial charge on any atom is 0.408 e. The van der Waals surface area contributed by atoms with Crippen LogP contribution in [0.25, 0.3) is 0 Å². The number of ketones is 1. The number of rotatable bonds is 8. The van der Waals surface area contributed by atoms with Crippen LogP contribution in [-0.4, -0.2) is 51.6 Å². The predicted octanol–water partition coefficient (Wildman–Crippen LogP) is 5.20. The van der Waals surface area contributed by atoms with Gasteiger partial charge in [-0.05, 0) is 44.4 Å². The quantitative estimate of drug-likeness (QED) is 0.367. The van der Waals surface area contributed by atoms with E-state index in [-0.39, 0.29) is 12.4 Å². The van der Waals surface area contributed by atoms with Gasteiger partial charge in [0.2, 0.25) is 0 Å². The Morgan fingerprint density at radius 3 is 2.00 bits per heavy atom. The molecule has 2 heterocycles. The average molecular weight is 597 g/mol. The van der Waals surface area contributed by atoms with Crippen LogP contribution < -0.4 is 10.6 Å². The Labute approximate surface area is 256 Å². The molecule has 1 fully saturated rings. The standard InChI is InChI=1S/C34H36N4O6/c1-22(35-33(42)44-34(2,3)4)30(39)26-20-37-31(40)27(36-32(41)43-21-23-14-8-5-9-15-23)29(25-18-12-7-13-19-25)38(37)28(26)24-16-10-6-11-17-24/h5-20,22,27-29H,21H2,1-4H3,(H,35,42)(H,36,41)/t22-,27-,28+,29-/m0/s1. The molecule has 0 unspecified atom stereocenters. The van der Waals surface area contributed by atoms with E-state index in [0.717, 1.165) is 16.7 Å². The molecule has 0 radical (unpaired) electrons. The first-order valence-electron chi connectivity index (χ1n) is 14.5. The highest BCUT2D eigenvalue weighted by Crippen LogP contribution is 2.48. The summed E-state index contributed by atoms with van der Waals surface area (Å²) in [4.78, 5) is 53.4. The fourth-order valence-electron chi connectivity index (χ4n) is 5.43. The summed E-state index contributed by atoms with van der Waals surface area (Å²) in [6.07, 6.45) is 0.0514. The second-order valence-electron chi connectivity index (χ2n) is 11.7. The number of fused-ring (bicyclic) bond motifs is 1. The van der Waals surface area contributed by atoms with Crippen LogP contribution in [0.15, 0.2) is 103 Å². The number of ether oxygens (including phenoxy) is 2. The molecule has 0 saturated carbocycles. The van der Waals surface area contributed by atoms with Gasteiger partial charge in [0, 0.05) is 11.8 Å². The number of alkyl carbamates (subject to hydrolysis) is 2. The number of nitrogens with one attached hydrogen (secondary N) is 2. The molecule has 0 aliphatic carbocycles. The van der Waals surface area contributed by atoms with Crippen molar-refractivity contribution in [1.82, 2.24) is 20.7 Å². The summed E-state index contributed by atoms with van der Waals surface area (Å²) in [6.45, 7) is 6.84. The summed E-state index contributed by atoms with van der Waals surface area (Å²) in [5.74, 6) is -0.794. The van der Waals surface area contributed by atoms with Crippen LogP contribution in [0.3, 0.4) is 0 Å². The Bertz CT molecular complexity index is 1540. The van der Waals surface area contributed by atoms with E-state index in [9.17, 15) is 19.2 Å². The Balaban J connectivity index is 1.47. The molecule has 2 aliphatic heterocycles. The lowest BCUT2D eigenvalue weighted by atomic mass is 9.90. The third-order valence-electron chi connectivity index (χ3n) is 7.32. The van der Waals surface area contributed by atoms with Crippen molar-refractivity contribution in [2.24, 2.45) is 0 Å². The van der Waals surface area contributed by atoms with E-state index in [1.807, 2.05) is 96.0 Å². The van der Waals surface area contributed by atoms with Crippen LogP contribution in [-0.2, 0) is 25.7 Å². The van der Waals surface area contributed by atoms with Crippen molar-refractivity contribution in [3.63, 3.8) is 0 Å². The third-order valence-corrected chi connectivity index (χ3v) is 7.32. The molecule has 4 atom stereocenters. The molecule has 0 spiro atoms. The Hall–Kier alpha value is -4.96. The lowest BCUT2D eigenvalue weighted by Gasteiger charge is -2.33. The number of hydrazine groups is 1. The second kappa shape index (κ2) is 12.7. The number of amides is 3. The lowest BCUT2D eigenvalue weighted by molar-refractivity contribution is -0.134. The van der Waals surface area contributed by atoms with Crippen LogP contribution in [0, 0.1) is 0 Å². The maximum atomic E-state index is 14.0. The molecule has 5 rings (SSSR count). The topological polar surface area (TPSA) is 117 Å². The summed E-state index contributed by atoms with van der Waals surface area (Å²) in [7, 11) is 0. The van der Waals surface area contributed by atoms with E-state index in [2.05, 4.69) is 10.6 Å². The summed E-state index contributed by atoms with van der Waals surface area (Å²) < 4.78 is 10.8. The Morgan fingerprint density at radius 2 is 1.41 bits per heavy atom. The van der Waals surface area contributed by atoms with Gasteiger partial charge in [0.25, 0.3) is 5.91 Å². The van der Waals surface area contributed by atoms with Crippen molar-refractivity contribution in [3.8, 4) is 0 Å². The number of nitrogens with zero attached hydrogens (tertiary/aromatic N) is 2. The Kier molecular flexibility index (Phi) is 8.82. The maximum absolute atomic E-state index is 14.0. The van der Waals surface area contributed by atoms with Crippen LogP contribution in [0.2, 0.25) is 0 Å². The molecule has 2 N–H and O–H groups in total. The zero-order valence-corrected chi connectivity index (χ0v) is 25.1. The van der Waals surface area contributed by atoms with E-state index in [0.29, 0.717) is 5.57 Å². The first-order chi connectivity index (χ1) is 21.0. The smallest absolute Gasteiger partial charge is 0.408 e. The van der Waals surface area contributed by atoms with Crippen molar-refractivity contribution in [3.05, 3.63) is 119 Å². The third kappa shape index (κ3) is 6.65. The molecule has 0 bridgehead atoms. The normalized spacial score (nSPS) is 20.4. The molecule has 3 aromatic carbocycles. The number of carbonyl (C=O) groups excluding carboxylic acids is 4. The highest BCUT2D eigenvalue weighted by molar-refractivity contribution is 6.03. The van der Waals surface area contributed by atoms with E-state index < -0.39 is 47.9 Å². The van der Waals surface area contributed by atoms with Crippen LogP contribution in [0.4, 0.5) is 9.59 Å². The van der Waals surface area contributed by atoms with Crippen molar-refractivity contribution < 1.29 is 28.7 Å². The first-order valence-corrected chi connectivity index (χ1v) is 14.5. The van der Waals surface area contributed by atoms with Gasteiger partial charge < -0.3 is 20.1 Å². The fourth-order valence-corrected chi connectivity index (χ4v) is 5.43. The monoisotopic (exact) mass is 596 g/mol. The first kappa shape index (κ1) is 30.5. The summed E-state index contributed by atoms with van der Waals surface area (Å²) in [5.41, 5.74) is 1.92. The molecule has 0 aromatic heterocycles. The molecule has 44 heavy (non-hydrogen) atoms. The Morgan fingerprint density at radius 1 is 0.841 bits per heavy atom. The highest BCUT2D eigenvalue weighted by atomic mass is 16.6. The molecule has 2 aliphatic rings. The van der Waals surface area contributed by atoms with E-state index in [4.69, 9.17) is 9.47 Å². The largest absolute Gasteiger partial charge is 0.445 e. The van der Waals surface area contributed by atoms with Crippen LogP contribution in [0.5, 0.6) is 0 Å². The summed E-state index contributed by atoms with van der Waals surface area (Å²) in [5, 5.41) is 8.60. The molecule has 10 heteroatoms. The van der Waals surface area contributed by atoms with Gasteiger partial charge in [0.05, 0.1) is 18.1 Å². The SMILES string of the molecule is C[C@H](NC(=O)OC(C)(C)C)C(=O)C1=CN2C(=O)[C@@H](NC(=O)OCc3ccccc3)[C@H](c3ccccc3)N2[C@@H]1c1ccccc1. The minimum absolute atomic E-state index is 0.0464.